The van der Waals surface area contributed by atoms with E-state index in [0.29, 0.717) is 37.6 Å². The Balaban J connectivity index is 1.53. The molecular formula is C20H21F3N2O2. The highest BCUT2D eigenvalue weighted by Crippen LogP contribution is 2.31. The van der Waals surface area contributed by atoms with Crippen molar-refractivity contribution in [2.75, 3.05) is 37.7 Å². The summed E-state index contributed by atoms with van der Waals surface area (Å²) in [5, 5.41) is 0. The summed E-state index contributed by atoms with van der Waals surface area (Å²) >= 11 is 0. The lowest BCUT2D eigenvalue weighted by molar-refractivity contribution is -0.137. The van der Waals surface area contributed by atoms with Gasteiger partial charge in [-0.15, -0.1) is 0 Å². The molecule has 1 aliphatic rings. The largest absolute Gasteiger partial charge is 0.484 e. The Morgan fingerprint density at radius 1 is 1.04 bits per heavy atom. The van der Waals surface area contributed by atoms with Gasteiger partial charge in [-0.1, -0.05) is 18.2 Å². The van der Waals surface area contributed by atoms with Crippen LogP contribution in [0.4, 0.5) is 18.9 Å². The van der Waals surface area contributed by atoms with E-state index in [2.05, 4.69) is 0 Å². The van der Waals surface area contributed by atoms with Crippen molar-refractivity contribution in [3.8, 4) is 5.75 Å². The van der Waals surface area contributed by atoms with E-state index in [4.69, 9.17) is 4.74 Å². The number of benzene rings is 2. The van der Waals surface area contributed by atoms with E-state index in [1.807, 2.05) is 30.0 Å². The molecule has 0 spiro atoms. The molecule has 0 N–H and O–H groups in total. The normalized spacial score (nSPS) is 15.0. The minimum atomic E-state index is -4.36. The predicted molar refractivity (Wildman–Crippen MR) is 96.9 cm³/mol. The van der Waals surface area contributed by atoms with Gasteiger partial charge in [0.05, 0.1) is 5.56 Å². The quantitative estimate of drug-likeness (QED) is 0.813. The van der Waals surface area contributed by atoms with Gasteiger partial charge in [-0.25, -0.2) is 0 Å². The van der Waals surface area contributed by atoms with Gasteiger partial charge in [0.25, 0.3) is 5.91 Å². The van der Waals surface area contributed by atoms with Crippen LogP contribution in [0.2, 0.25) is 0 Å². The van der Waals surface area contributed by atoms with Crippen LogP contribution in [0.5, 0.6) is 5.75 Å². The lowest BCUT2D eigenvalue weighted by atomic mass is 10.1. The summed E-state index contributed by atoms with van der Waals surface area (Å²) in [4.78, 5) is 15.9. The van der Waals surface area contributed by atoms with Gasteiger partial charge >= 0.3 is 6.18 Å². The SMILES string of the molecule is Cc1cccc(OCC(=O)N2CCN(c3cccc(C(F)(F)F)c3)CC2)c1. The van der Waals surface area contributed by atoms with Crippen LogP contribution < -0.4 is 9.64 Å². The highest BCUT2D eigenvalue weighted by molar-refractivity contribution is 5.78. The van der Waals surface area contributed by atoms with Crippen LogP contribution in [0.15, 0.2) is 48.5 Å². The van der Waals surface area contributed by atoms with Gasteiger partial charge < -0.3 is 14.5 Å². The van der Waals surface area contributed by atoms with Crippen molar-refractivity contribution >= 4 is 11.6 Å². The number of aryl methyl sites for hydroxylation is 1. The topological polar surface area (TPSA) is 32.8 Å². The molecule has 0 unspecified atom stereocenters. The third-order valence-corrected chi connectivity index (χ3v) is 4.52. The zero-order valence-electron chi connectivity index (χ0n) is 15.0. The maximum absolute atomic E-state index is 12.9. The fourth-order valence-electron chi connectivity index (χ4n) is 3.03. The average molecular weight is 378 g/mol. The number of anilines is 1. The molecule has 0 bridgehead atoms. The van der Waals surface area contributed by atoms with Gasteiger partial charge in [0.15, 0.2) is 6.61 Å². The van der Waals surface area contributed by atoms with E-state index in [1.165, 1.54) is 6.07 Å². The second kappa shape index (κ2) is 7.90. The molecule has 1 saturated heterocycles. The van der Waals surface area contributed by atoms with Crippen molar-refractivity contribution in [2.24, 2.45) is 0 Å². The summed E-state index contributed by atoms with van der Waals surface area (Å²) in [5.41, 5.74) is 0.910. The van der Waals surface area contributed by atoms with Gasteiger partial charge in [0.1, 0.15) is 5.75 Å². The lowest BCUT2D eigenvalue weighted by Gasteiger charge is -2.36. The Hall–Kier alpha value is -2.70. The second-order valence-corrected chi connectivity index (χ2v) is 6.52. The summed E-state index contributed by atoms with van der Waals surface area (Å²) in [6.45, 7) is 3.77. The summed E-state index contributed by atoms with van der Waals surface area (Å²) in [7, 11) is 0. The summed E-state index contributed by atoms with van der Waals surface area (Å²) in [5.74, 6) is 0.520. The summed E-state index contributed by atoms with van der Waals surface area (Å²) in [6.07, 6.45) is -4.36. The minimum absolute atomic E-state index is 0.0486. The zero-order valence-corrected chi connectivity index (χ0v) is 15.0. The standard InChI is InChI=1S/C20H21F3N2O2/c1-15-4-2-7-18(12-15)27-14-19(26)25-10-8-24(9-11-25)17-6-3-5-16(13-17)20(21,22)23/h2-7,12-13H,8-11,14H2,1H3. The van der Waals surface area contributed by atoms with Gasteiger partial charge in [-0.2, -0.15) is 13.2 Å². The smallest absolute Gasteiger partial charge is 0.416 e. The van der Waals surface area contributed by atoms with E-state index in [0.717, 1.165) is 17.7 Å². The van der Waals surface area contributed by atoms with Crippen molar-refractivity contribution in [1.29, 1.82) is 0 Å². The molecular weight excluding hydrogens is 357 g/mol. The molecule has 4 nitrogen and oxygen atoms in total. The first-order chi connectivity index (χ1) is 12.8. The number of hydrogen-bond acceptors (Lipinski definition) is 3. The first-order valence-corrected chi connectivity index (χ1v) is 8.72. The lowest BCUT2D eigenvalue weighted by Crippen LogP contribution is -2.50. The van der Waals surface area contributed by atoms with Crippen molar-refractivity contribution in [1.82, 2.24) is 4.90 Å². The molecule has 0 saturated carbocycles. The van der Waals surface area contributed by atoms with Crippen molar-refractivity contribution in [3.63, 3.8) is 0 Å². The predicted octanol–water partition coefficient (Wildman–Crippen LogP) is 3.74. The second-order valence-electron chi connectivity index (χ2n) is 6.52. The van der Waals surface area contributed by atoms with Crippen LogP contribution in [0.25, 0.3) is 0 Å². The van der Waals surface area contributed by atoms with Crippen LogP contribution in [-0.4, -0.2) is 43.6 Å². The molecule has 0 radical (unpaired) electrons. The molecule has 1 aliphatic heterocycles. The first-order valence-electron chi connectivity index (χ1n) is 8.72. The monoisotopic (exact) mass is 378 g/mol. The molecule has 1 heterocycles. The molecule has 0 aliphatic carbocycles. The molecule has 2 aromatic carbocycles. The van der Waals surface area contributed by atoms with Crippen molar-refractivity contribution in [3.05, 3.63) is 59.7 Å². The number of halogens is 3. The van der Waals surface area contributed by atoms with E-state index in [9.17, 15) is 18.0 Å². The molecule has 27 heavy (non-hydrogen) atoms. The molecule has 7 heteroatoms. The molecule has 3 rings (SSSR count). The molecule has 2 aromatic rings. The van der Waals surface area contributed by atoms with Crippen LogP contribution in [0.1, 0.15) is 11.1 Å². The zero-order chi connectivity index (χ0) is 19.4. The van der Waals surface area contributed by atoms with E-state index >= 15 is 0 Å². The number of hydrogen-bond donors (Lipinski definition) is 0. The summed E-state index contributed by atoms with van der Waals surface area (Å²) in [6, 6.07) is 12.7. The van der Waals surface area contributed by atoms with Crippen LogP contribution >= 0.6 is 0 Å². The van der Waals surface area contributed by atoms with Crippen LogP contribution in [0.3, 0.4) is 0 Å². The van der Waals surface area contributed by atoms with E-state index in [-0.39, 0.29) is 12.5 Å². The van der Waals surface area contributed by atoms with Gasteiger partial charge in [0.2, 0.25) is 0 Å². The van der Waals surface area contributed by atoms with E-state index in [1.54, 1.807) is 17.0 Å². The molecule has 1 amide bonds. The van der Waals surface area contributed by atoms with Gasteiger partial charge in [-0.3, -0.25) is 4.79 Å². The van der Waals surface area contributed by atoms with Crippen LogP contribution in [0, 0.1) is 6.92 Å². The van der Waals surface area contributed by atoms with Gasteiger partial charge in [-0.05, 0) is 42.8 Å². The van der Waals surface area contributed by atoms with Crippen molar-refractivity contribution in [2.45, 2.75) is 13.1 Å². The van der Waals surface area contributed by atoms with Crippen molar-refractivity contribution < 1.29 is 22.7 Å². The highest BCUT2D eigenvalue weighted by Gasteiger charge is 2.31. The third-order valence-electron chi connectivity index (χ3n) is 4.52. The highest BCUT2D eigenvalue weighted by atomic mass is 19.4. The maximum Gasteiger partial charge on any atom is 0.416 e. The molecule has 0 aromatic heterocycles. The Morgan fingerprint density at radius 3 is 2.41 bits per heavy atom. The average Bonchev–Trinajstić information content (AvgIpc) is 2.66. The number of nitrogens with zero attached hydrogens (tertiary/aromatic N) is 2. The Labute approximate surface area is 156 Å². The molecule has 0 atom stereocenters. The maximum atomic E-state index is 12.9. The Kier molecular flexibility index (Phi) is 5.58. The number of piperazine rings is 1. The number of carbonyl (C=O) groups is 1. The Bertz CT molecular complexity index is 800. The fourth-order valence-corrected chi connectivity index (χ4v) is 3.03. The number of amides is 1. The first kappa shape index (κ1) is 19.1. The number of rotatable bonds is 4. The Morgan fingerprint density at radius 2 is 1.74 bits per heavy atom. The summed E-state index contributed by atoms with van der Waals surface area (Å²) < 4.78 is 44.1. The molecule has 1 fully saturated rings. The third kappa shape index (κ3) is 4.93. The van der Waals surface area contributed by atoms with E-state index < -0.39 is 11.7 Å². The number of ether oxygens (including phenoxy) is 1. The van der Waals surface area contributed by atoms with Gasteiger partial charge in [0, 0.05) is 31.9 Å². The van der Waals surface area contributed by atoms with Crippen LogP contribution in [-0.2, 0) is 11.0 Å². The number of alkyl halides is 3. The minimum Gasteiger partial charge on any atom is -0.484 e. The fraction of sp³-hybridized carbons (Fsp3) is 0.350. The molecule has 144 valence electrons. The number of carbonyl (C=O) groups excluding carboxylic acids is 1.